The number of ether oxygens (including phenoxy) is 1. The van der Waals surface area contributed by atoms with E-state index in [4.69, 9.17) is 4.74 Å². The average molecular weight is 528 g/mol. The van der Waals surface area contributed by atoms with Gasteiger partial charge < -0.3 is 20.5 Å². The minimum absolute atomic E-state index is 0.0323. The molecule has 0 saturated carbocycles. The molecule has 3 aromatic rings. The first-order chi connectivity index (χ1) is 18.3. The van der Waals surface area contributed by atoms with E-state index >= 15 is 0 Å². The Bertz CT molecular complexity index is 1130. The topological polar surface area (TPSA) is 56.8 Å². The monoisotopic (exact) mass is 527 g/mol. The van der Waals surface area contributed by atoms with Crippen molar-refractivity contribution in [1.82, 2.24) is 15.5 Å². The van der Waals surface area contributed by atoms with Gasteiger partial charge in [0.05, 0.1) is 11.7 Å². The molecule has 4 rings (SSSR count). The molecule has 38 heavy (non-hydrogen) atoms. The molecule has 1 fully saturated rings. The number of aliphatic hydroxyl groups excluding tert-OH is 1. The fraction of sp³-hybridized carbons (Fsp3) is 0.400. The summed E-state index contributed by atoms with van der Waals surface area (Å²) in [5.74, 6) is 0.820. The fourth-order valence-corrected chi connectivity index (χ4v) is 4.80. The van der Waals surface area contributed by atoms with Gasteiger partial charge in [0, 0.05) is 44.8 Å². The summed E-state index contributed by atoms with van der Waals surface area (Å²) in [6.45, 7) is 6.49. The Kier molecular flexibility index (Phi) is 9.80. The smallest absolute Gasteiger partial charge is 0.416 e. The van der Waals surface area contributed by atoms with Gasteiger partial charge in [-0.05, 0) is 54.3 Å². The SMILES string of the molecule is CC(Cc1ccc(OCCN2CCNCC2c2ccccc2)cc1)NCC(O)c1cccc(C(F)(F)F)c1. The summed E-state index contributed by atoms with van der Waals surface area (Å²) in [7, 11) is 0. The van der Waals surface area contributed by atoms with E-state index in [-0.39, 0.29) is 18.2 Å². The van der Waals surface area contributed by atoms with Gasteiger partial charge in [-0.2, -0.15) is 13.2 Å². The van der Waals surface area contributed by atoms with Crippen LogP contribution in [0.5, 0.6) is 5.75 Å². The Morgan fingerprint density at radius 3 is 2.55 bits per heavy atom. The van der Waals surface area contributed by atoms with Crippen LogP contribution in [0.25, 0.3) is 0 Å². The second kappa shape index (κ2) is 13.2. The van der Waals surface area contributed by atoms with Crippen molar-refractivity contribution in [2.24, 2.45) is 0 Å². The maximum atomic E-state index is 12.9. The molecule has 1 heterocycles. The van der Waals surface area contributed by atoms with Gasteiger partial charge in [0.15, 0.2) is 0 Å². The van der Waals surface area contributed by atoms with Crippen molar-refractivity contribution < 1.29 is 23.0 Å². The van der Waals surface area contributed by atoms with Gasteiger partial charge in [-0.3, -0.25) is 4.90 Å². The molecule has 3 aromatic carbocycles. The number of hydrogen-bond donors (Lipinski definition) is 3. The Morgan fingerprint density at radius 2 is 1.82 bits per heavy atom. The van der Waals surface area contributed by atoms with Gasteiger partial charge in [0.1, 0.15) is 12.4 Å². The molecule has 1 aliphatic rings. The molecule has 1 aliphatic heterocycles. The summed E-state index contributed by atoms with van der Waals surface area (Å²) in [5.41, 5.74) is 1.91. The zero-order valence-electron chi connectivity index (χ0n) is 21.6. The summed E-state index contributed by atoms with van der Waals surface area (Å²) in [6, 6.07) is 23.7. The van der Waals surface area contributed by atoms with Crippen molar-refractivity contribution in [3.05, 3.63) is 101 Å². The van der Waals surface area contributed by atoms with Crippen LogP contribution in [-0.2, 0) is 12.6 Å². The van der Waals surface area contributed by atoms with Crippen LogP contribution in [0.3, 0.4) is 0 Å². The third-order valence-corrected chi connectivity index (χ3v) is 6.91. The van der Waals surface area contributed by atoms with E-state index in [0.29, 0.717) is 12.6 Å². The third-order valence-electron chi connectivity index (χ3n) is 6.91. The number of halogens is 3. The lowest BCUT2D eigenvalue weighted by atomic mass is 10.0. The van der Waals surface area contributed by atoms with Gasteiger partial charge in [0.25, 0.3) is 0 Å². The van der Waals surface area contributed by atoms with Gasteiger partial charge in [-0.15, -0.1) is 0 Å². The molecule has 3 atom stereocenters. The minimum Gasteiger partial charge on any atom is -0.492 e. The standard InChI is InChI=1S/C30H36F3N3O2/c1-22(35-21-29(37)25-8-5-9-26(19-25)30(31,32)33)18-23-10-12-27(13-11-23)38-17-16-36-15-14-34-20-28(36)24-6-3-2-4-7-24/h2-13,19,22,28-29,34-35,37H,14-18,20-21H2,1H3. The van der Waals surface area contributed by atoms with Crippen LogP contribution in [0.1, 0.15) is 41.3 Å². The fourth-order valence-electron chi connectivity index (χ4n) is 4.80. The van der Waals surface area contributed by atoms with Crippen molar-refractivity contribution in [3.8, 4) is 5.75 Å². The van der Waals surface area contributed by atoms with Crippen LogP contribution >= 0.6 is 0 Å². The van der Waals surface area contributed by atoms with Gasteiger partial charge in [-0.1, -0.05) is 54.6 Å². The van der Waals surface area contributed by atoms with Crippen molar-refractivity contribution in [1.29, 1.82) is 0 Å². The lowest BCUT2D eigenvalue weighted by Gasteiger charge is -2.36. The molecular formula is C30H36F3N3O2. The minimum atomic E-state index is -4.43. The Balaban J connectivity index is 1.21. The number of alkyl halides is 3. The molecule has 8 heteroatoms. The van der Waals surface area contributed by atoms with E-state index in [1.165, 1.54) is 17.7 Å². The van der Waals surface area contributed by atoms with E-state index in [1.54, 1.807) is 0 Å². The van der Waals surface area contributed by atoms with Crippen LogP contribution in [0.2, 0.25) is 0 Å². The van der Waals surface area contributed by atoms with Crippen molar-refractivity contribution in [2.75, 3.05) is 39.3 Å². The summed E-state index contributed by atoms with van der Waals surface area (Å²) in [4.78, 5) is 2.46. The maximum absolute atomic E-state index is 12.9. The number of benzene rings is 3. The molecule has 0 spiro atoms. The first-order valence-electron chi connectivity index (χ1n) is 13.1. The average Bonchev–Trinajstić information content (AvgIpc) is 2.93. The van der Waals surface area contributed by atoms with Crippen molar-refractivity contribution in [3.63, 3.8) is 0 Å². The van der Waals surface area contributed by atoms with Gasteiger partial charge >= 0.3 is 6.18 Å². The van der Waals surface area contributed by atoms with Crippen LogP contribution in [0.4, 0.5) is 13.2 Å². The predicted octanol–water partition coefficient (Wildman–Crippen LogP) is 4.98. The van der Waals surface area contributed by atoms with Crippen LogP contribution in [0, 0.1) is 0 Å². The molecule has 3 N–H and O–H groups in total. The zero-order chi connectivity index (χ0) is 27.0. The lowest BCUT2D eigenvalue weighted by molar-refractivity contribution is -0.137. The molecule has 0 aromatic heterocycles. The number of hydrogen-bond acceptors (Lipinski definition) is 5. The Hall–Kier alpha value is -2.91. The highest BCUT2D eigenvalue weighted by Gasteiger charge is 2.31. The molecular weight excluding hydrogens is 491 g/mol. The summed E-state index contributed by atoms with van der Waals surface area (Å²) in [5, 5.41) is 17.1. The summed E-state index contributed by atoms with van der Waals surface area (Å²) >= 11 is 0. The van der Waals surface area contributed by atoms with E-state index in [2.05, 4.69) is 39.8 Å². The molecule has 204 valence electrons. The van der Waals surface area contributed by atoms with Crippen LogP contribution in [0.15, 0.2) is 78.9 Å². The maximum Gasteiger partial charge on any atom is 0.416 e. The van der Waals surface area contributed by atoms with Crippen molar-refractivity contribution >= 4 is 0 Å². The number of nitrogens with zero attached hydrogens (tertiary/aromatic N) is 1. The van der Waals surface area contributed by atoms with Crippen molar-refractivity contribution in [2.45, 2.75) is 37.7 Å². The number of rotatable bonds is 11. The Labute approximate surface area is 222 Å². The predicted molar refractivity (Wildman–Crippen MR) is 143 cm³/mol. The summed E-state index contributed by atoms with van der Waals surface area (Å²) < 4.78 is 44.8. The summed E-state index contributed by atoms with van der Waals surface area (Å²) in [6.07, 6.45) is -4.73. The zero-order valence-corrected chi connectivity index (χ0v) is 21.6. The van der Waals surface area contributed by atoms with E-state index in [0.717, 1.165) is 56.0 Å². The van der Waals surface area contributed by atoms with E-state index < -0.39 is 17.8 Å². The van der Waals surface area contributed by atoms with Crippen LogP contribution in [-0.4, -0.2) is 55.4 Å². The van der Waals surface area contributed by atoms with Crippen LogP contribution < -0.4 is 15.4 Å². The van der Waals surface area contributed by atoms with E-state index in [9.17, 15) is 18.3 Å². The quantitative estimate of drug-likeness (QED) is 0.328. The second-order valence-electron chi connectivity index (χ2n) is 9.81. The molecule has 0 aliphatic carbocycles. The first kappa shape index (κ1) is 28.1. The normalized spacial score (nSPS) is 18.2. The number of nitrogens with one attached hydrogen (secondary N) is 2. The highest BCUT2D eigenvalue weighted by Crippen LogP contribution is 2.30. The molecule has 3 unspecified atom stereocenters. The highest BCUT2D eigenvalue weighted by atomic mass is 19.4. The molecule has 5 nitrogen and oxygen atoms in total. The number of aliphatic hydroxyl groups is 1. The largest absolute Gasteiger partial charge is 0.492 e. The highest BCUT2D eigenvalue weighted by molar-refractivity contribution is 5.29. The number of piperazine rings is 1. The van der Waals surface area contributed by atoms with Gasteiger partial charge in [0.2, 0.25) is 0 Å². The molecule has 0 amide bonds. The second-order valence-corrected chi connectivity index (χ2v) is 9.81. The third kappa shape index (κ3) is 8.04. The molecule has 0 radical (unpaired) electrons. The molecule has 0 bridgehead atoms. The first-order valence-corrected chi connectivity index (χ1v) is 13.1. The molecule has 1 saturated heterocycles. The Morgan fingerprint density at radius 1 is 1.05 bits per heavy atom. The van der Waals surface area contributed by atoms with E-state index in [1.807, 2.05) is 37.3 Å². The van der Waals surface area contributed by atoms with Gasteiger partial charge in [-0.25, -0.2) is 0 Å². The lowest BCUT2D eigenvalue weighted by Crippen LogP contribution is -2.47.